The van der Waals surface area contributed by atoms with Gasteiger partial charge in [-0.25, -0.2) is 4.79 Å². The molecule has 6 heteroatoms. The van der Waals surface area contributed by atoms with E-state index in [1.165, 1.54) is 0 Å². The van der Waals surface area contributed by atoms with E-state index in [4.69, 9.17) is 9.84 Å². The van der Waals surface area contributed by atoms with Gasteiger partial charge in [0.1, 0.15) is 5.60 Å². The Morgan fingerprint density at radius 1 is 1.38 bits per heavy atom. The Bertz CT molecular complexity index is 365. The first-order chi connectivity index (χ1) is 9.71. The Morgan fingerprint density at radius 3 is 2.57 bits per heavy atom. The quantitative estimate of drug-likeness (QED) is 0.841. The number of carboxylic acid groups (broad SMARTS) is 1. The zero-order valence-electron chi connectivity index (χ0n) is 13.6. The van der Waals surface area contributed by atoms with Crippen molar-refractivity contribution in [2.45, 2.75) is 46.1 Å². The molecule has 1 fully saturated rings. The molecule has 1 heterocycles. The van der Waals surface area contributed by atoms with Crippen molar-refractivity contribution in [3.63, 3.8) is 0 Å². The molecule has 0 saturated carbocycles. The van der Waals surface area contributed by atoms with Gasteiger partial charge in [-0.05, 0) is 46.1 Å². The topological polar surface area (TPSA) is 70.1 Å². The van der Waals surface area contributed by atoms with Gasteiger partial charge in [0.15, 0.2) is 0 Å². The number of nitrogens with zero attached hydrogens (tertiary/aromatic N) is 2. The zero-order chi connectivity index (χ0) is 16.0. The van der Waals surface area contributed by atoms with Crippen molar-refractivity contribution in [1.29, 1.82) is 0 Å². The first-order valence-electron chi connectivity index (χ1n) is 7.63. The fourth-order valence-corrected chi connectivity index (χ4v) is 2.57. The first-order valence-corrected chi connectivity index (χ1v) is 7.63. The summed E-state index contributed by atoms with van der Waals surface area (Å²) in [6.07, 6.45) is 1.69. The highest BCUT2D eigenvalue weighted by Crippen LogP contribution is 2.20. The largest absolute Gasteiger partial charge is 0.480 e. The van der Waals surface area contributed by atoms with Gasteiger partial charge < -0.3 is 14.7 Å². The highest BCUT2D eigenvalue weighted by atomic mass is 16.6. The summed E-state index contributed by atoms with van der Waals surface area (Å²) in [5, 5.41) is 8.89. The maximum absolute atomic E-state index is 12.1. The number of carboxylic acids is 1. The molecule has 0 aromatic heterocycles. The molecule has 1 N–H and O–H groups in total. The van der Waals surface area contributed by atoms with Crippen LogP contribution in [0.5, 0.6) is 0 Å². The minimum Gasteiger partial charge on any atom is -0.480 e. The molecule has 1 aliphatic heterocycles. The normalized spacial score (nSPS) is 19.7. The van der Waals surface area contributed by atoms with Crippen LogP contribution in [0.2, 0.25) is 0 Å². The molecule has 1 aliphatic rings. The van der Waals surface area contributed by atoms with E-state index in [2.05, 4.69) is 0 Å². The SMILES string of the molecule is CCN(CC(=O)O)CC1CCCN(C(=O)OC(C)(C)C)C1. The van der Waals surface area contributed by atoms with E-state index in [1.54, 1.807) is 4.90 Å². The summed E-state index contributed by atoms with van der Waals surface area (Å²) in [4.78, 5) is 26.6. The standard InChI is InChI=1S/C15H28N2O4/c1-5-16(11-13(18)19)9-12-7-6-8-17(10-12)14(20)21-15(2,3)4/h12H,5-11H2,1-4H3,(H,18,19). The molecule has 1 rings (SSSR count). The number of likely N-dealkylation sites (N-methyl/N-ethyl adjacent to an activating group) is 1. The third kappa shape index (κ3) is 6.80. The number of ether oxygens (including phenoxy) is 1. The van der Waals surface area contributed by atoms with Crippen molar-refractivity contribution in [2.24, 2.45) is 5.92 Å². The van der Waals surface area contributed by atoms with Gasteiger partial charge in [-0.3, -0.25) is 9.69 Å². The summed E-state index contributed by atoms with van der Waals surface area (Å²) >= 11 is 0. The van der Waals surface area contributed by atoms with E-state index < -0.39 is 11.6 Å². The highest BCUT2D eigenvalue weighted by Gasteiger charge is 2.28. The molecule has 0 bridgehead atoms. The fourth-order valence-electron chi connectivity index (χ4n) is 2.57. The zero-order valence-corrected chi connectivity index (χ0v) is 13.6. The summed E-state index contributed by atoms with van der Waals surface area (Å²) in [6.45, 7) is 10.4. The van der Waals surface area contributed by atoms with E-state index in [0.717, 1.165) is 19.4 Å². The van der Waals surface area contributed by atoms with Crippen molar-refractivity contribution in [3.8, 4) is 0 Å². The summed E-state index contributed by atoms with van der Waals surface area (Å²) < 4.78 is 5.40. The smallest absolute Gasteiger partial charge is 0.410 e. The second-order valence-corrected chi connectivity index (χ2v) is 6.66. The Hall–Kier alpha value is -1.30. The Kier molecular flexibility index (Phi) is 6.45. The van der Waals surface area contributed by atoms with Crippen LogP contribution in [0.3, 0.4) is 0 Å². The van der Waals surface area contributed by atoms with E-state index >= 15 is 0 Å². The molecular formula is C15H28N2O4. The molecule has 0 radical (unpaired) electrons. The Labute approximate surface area is 127 Å². The summed E-state index contributed by atoms with van der Waals surface area (Å²) in [5.41, 5.74) is -0.483. The minimum absolute atomic E-state index is 0.0550. The number of hydrogen-bond donors (Lipinski definition) is 1. The van der Waals surface area contributed by atoms with Crippen LogP contribution in [0.15, 0.2) is 0 Å². The number of piperidine rings is 1. The second-order valence-electron chi connectivity index (χ2n) is 6.66. The van der Waals surface area contributed by atoms with Gasteiger partial charge in [0.2, 0.25) is 0 Å². The van der Waals surface area contributed by atoms with Crippen LogP contribution in [0.1, 0.15) is 40.5 Å². The third-order valence-corrected chi connectivity index (χ3v) is 3.49. The molecule has 0 aromatic carbocycles. The van der Waals surface area contributed by atoms with Crippen molar-refractivity contribution in [1.82, 2.24) is 9.80 Å². The van der Waals surface area contributed by atoms with Crippen LogP contribution in [-0.2, 0) is 9.53 Å². The molecule has 122 valence electrons. The lowest BCUT2D eigenvalue weighted by Crippen LogP contribution is -2.46. The fraction of sp³-hybridized carbons (Fsp3) is 0.867. The maximum Gasteiger partial charge on any atom is 0.410 e. The first kappa shape index (κ1) is 17.8. The van der Waals surface area contributed by atoms with Gasteiger partial charge in [-0.1, -0.05) is 6.92 Å². The molecule has 21 heavy (non-hydrogen) atoms. The van der Waals surface area contributed by atoms with Gasteiger partial charge in [0.25, 0.3) is 0 Å². The van der Waals surface area contributed by atoms with Gasteiger partial charge in [-0.2, -0.15) is 0 Å². The summed E-state index contributed by atoms with van der Waals surface area (Å²) in [5.74, 6) is -0.498. The molecule has 6 nitrogen and oxygen atoms in total. The van der Waals surface area contributed by atoms with Crippen LogP contribution in [-0.4, -0.2) is 65.3 Å². The van der Waals surface area contributed by atoms with Crippen LogP contribution >= 0.6 is 0 Å². The number of rotatable bonds is 5. The number of carbonyl (C=O) groups excluding carboxylic acids is 1. The second kappa shape index (κ2) is 7.64. The third-order valence-electron chi connectivity index (χ3n) is 3.49. The average Bonchev–Trinajstić information content (AvgIpc) is 2.35. The summed E-state index contributed by atoms with van der Waals surface area (Å²) in [7, 11) is 0. The summed E-state index contributed by atoms with van der Waals surface area (Å²) in [6, 6.07) is 0. The molecule has 1 saturated heterocycles. The monoisotopic (exact) mass is 300 g/mol. The van der Waals surface area contributed by atoms with Gasteiger partial charge in [-0.15, -0.1) is 0 Å². The lowest BCUT2D eigenvalue weighted by Gasteiger charge is -2.35. The average molecular weight is 300 g/mol. The van der Waals surface area contributed by atoms with Crippen LogP contribution in [0, 0.1) is 5.92 Å². The molecule has 1 unspecified atom stereocenters. The van der Waals surface area contributed by atoms with Crippen molar-refractivity contribution >= 4 is 12.1 Å². The number of hydrogen-bond acceptors (Lipinski definition) is 4. The van der Waals surface area contributed by atoms with E-state index in [0.29, 0.717) is 25.6 Å². The van der Waals surface area contributed by atoms with Gasteiger partial charge >= 0.3 is 12.1 Å². The highest BCUT2D eigenvalue weighted by molar-refractivity contribution is 5.69. The Morgan fingerprint density at radius 2 is 2.05 bits per heavy atom. The van der Waals surface area contributed by atoms with Gasteiger partial charge in [0.05, 0.1) is 6.54 Å². The molecule has 1 amide bonds. The number of likely N-dealkylation sites (tertiary alicyclic amines) is 1. The predicted molar refractivity (Wildman–Crippen MR) is 80.3 cm³/mol. The minimum atomic E-state index is -0.809. The molecule has 0 aromatic rings. The Balaban J connectivity index is 2.51. The maximum atomic E-state index is 12.1. The molecular weight excluding hydrogens is 272 g/mol. The van der Waals surface area contributed by atoms with E-state index in [9.17, 15) is 9.59 Å². The van der Waals surface area contributed by atoms with E-state index in [-0.39, 0.29) is 12.6 Å². The lowest BCUT2D eigenvalue weighted by atomic mass is 9.97. The predicted octanol–water partition coefficient (Wildman–Crippen LogP) is 2.04. The van der Waals surface area contributed by atoms with Crippen LogP contribution in [0.4, 0.5) is 4.79 Å². The van der Waals surface area contributed by atoms with Crippen molar-refractivity contribution in [3.05, 3.63) is 0 Å². The molecule has 0 aliphatic carbocycles. The van der Waals surface area contributed by atoms with Crippen LogP contribution in [0.25, 0.3) is 0 Å². The van der Waals surface area contributed by atoms with E-state index in [1.807, 2.05) is 32.6 Å². The molecule has 1 atom stereocenters. The molecule has 0 spiro atoms. The van der Waals surface area contributed by atoms with Crippen molar-refractivity contribution < 1.29 is 19.4 Å². The lowest BCUT2D eigenvalue weighted by molar-refractivity contribution is -0.138. The number of carbonyl (C=O) groups is 2. The van der Waals surface area contributed by atoms with Crippen molar-refractivity contribution in [2.75, 3.05) is 32.7 Å². The number of amides is 1. The number of aliphatic carboxylic acids is 1. The van der Waals surface area contributed by atoms with Gasteiger partial charge in [0, 0.05) is 19.6 Å². The van der Waals surface area contributed by atoms with Crippen LogP contribution < -0.4 is 0 Å².